The van der Waals surface area contributed by atoms with Crippen molar-refractivity contribution in [3.05, 3.63) is 34.9 Å². The van der Waals surface area contributed by atoms with Crippen LogP contribution in [0.1, 0.15) is 38.2 Å². The summed E-state index contributed by atoms with van der Waals surface area (Å²) in [5.74, 6) is 2.02. The normalized spacial score (nSPS) is 27.4. The van der Waals surface area contributed by atoms with Crippen LogP contribution in [0, 0.1) is 5.92 Å². The van der Waals surface area contributed by atoms with Gasteiger partial charge in [-0.05, 0) is 49.9 Å². The average molecular weight is 298 g/mol. The Hall–Kier alpha value is -0.180. The van der Waals surface area contributed by atoms with Gasteiger partial charge in [0.25, 0.3) is 0 Å². The Balaban J connectivity index is 1.90. The van der Waals surface area contributed by atoms with E-state index in [9.17, 15) is 0 Å². The quantitative estimate of drug-likeness (QED) is 0.842. The van der Waals surface area contributed by atoms with Gasteiger partial charge in [0.1, 0.15) is 0 Å². The molecule has 3 heteroatoms. The number of benzene rings is 1. The zero-order valence-corrected chi connectivity index (χ0v) is 13.4. The van der Waals surface area contributed by atoms with Crippen molar-refractivity contribution in [2.24, 2.45) is 5.92 Å². The van der Waals surface area contributed by atoms with Crippen LogP contribution in [0.4, 0.5) is 0 Å². The zero-order chi connectivity index (χ0) is 13.7. The molecule has 0 aliphatic heterocycles. The van der Waals surface area contributed by atoms with Gasteiger partial charge >= 0.3 is 0 Å². The van der Waals surface area contributed by atoms with E-state index in [4.69, 9.17) is 11.6 Å². The molecule has 3 unspecified atom stereocenters. The van der Waals surface area contributed by atoms with Gasteiger partial charge in [-0.3, -0.25) is 0 Å². The van der Waals surface area contributed by atoms with Crippen LogP contribution in [-0.4, -0.2) is 18.3 Å². The fraction of sp³-hybridized carbons (Fsp3) is 0.625. The molecule has 19 heavy (non-hydrogen) atoms. The minimum absolute atomic E-state index is 0.681. The van der Waals surface area contributed by atoms with Gasteiger partial charge in [-0.25, -0.2) is 0 Å². The van der Waals surface area contributed by atoms with Crippen molar-refractivity contribution < 1.29 is 0 Å². The van der Waals surface area contributed by atoms with Crippen LogP contribution < -0.4 is 5.32 Å². The molecule has 0 spiro atoms. The minimum atomic E-state index is 0.681. The molecule has 3 atom stereocenters. The van der Waals surface area contributed by atoms with Crippen molar-refractivity contribution in [2.75, 3.05) is 7.05 Å². The Labute approximate surface area is 126 Å². The Kier molecular flexibility index (Phi) is 6.06. The van der Waals surface area contributed by atoms with Gasteiger partial charge in [0.05, 0.1) is 0 Å². The molecule has 1 N–H and O–H groups in total. The van der Waals surface area contributed by atoms with Gasteiger partial charge in [-0.15, -0.1) is 0 Å². The van der Waals surface area contributed by atoms with Crippen LogP contribution in [0.25, 0.3) is 0 Å². The average Bonchev–Trinajstić information content (AvgIpc) is 2.46. The summed E-state index contributed by atoms with van der Waals surface area (Å²) >= 11 is 8.03. The molecule has 2 rings (SSSR count). The number of nitrogens with one attached hydrogen (secondary N) is 1. The van der Waals surface area contributed by atoms with Crippen LogP contribution in [0.3, 0.4) is 0 Å². The second-order valence-electron chi connectivity index (χ2n) is 5.46. The summed E-state index contributed by atoms with van der Waals surface area (Å²) in [5.41, 5.74) is 1.38. The Morgan fingerprint density at radius 2 is 2.00 bits per heavy atom. The van der Waals surface area contributed by atoms with Crippen molar-refractivity contribution in [3.63, 3.8) is 0 Å². The lowest BCUT2D eigenvalue weighted by molar-refractivity contribution is 0.304. The second kappa shape index (κ2) is 7.56. The highest BCUT2D eigenvalue weighted by Gasteiger charge is 2.28. The summed E-state index contributed by atoms with van der Waals surface area (Å²) in [6, 6.07) is 8.94. The largest absolute Gasteiger partial charge is 0.316 e. The lowest BCUT2D eigenvalue weighted by Gasteiger charge is -2.35. The van der Waals surface area contributed by atoms with Crippen LogP contribution in [0.15, 0.2) is 24.3 Å². The molecule has 0 amide bonds. The minimum Gasteiger partial charge on any atom is -0.316 e. The van der Waals surface area contributed by atoms with Crippen LogP contribution >= 0.6 is 23.4 Å². The molecular weight excluding hydrogens is 274 g/mol. The molecule has 1 aromatic carbocycles. The highest BCUT2D eigenvalue weighted by atomic mass is 35.5. The molecule has 0 radical (unpaired) electrons. The first-order valence-corrected chi connectivity index (χ1v) is 8.69. The molecule has 1 aliphatic rings. The molecule has 0 saturated heterocycles. The van der Waals surface area contributed by atoms with Crippen molar-refractivity contribution >= 4 is 23.4 Å². The lowest BCUT2D eigenvalue weighted by atomic mass is 9.84. The second-order valence-corrected chi connectivity index (χ2v) is 7.12. The molecule has 0 aromatic heterocycles. The molecular formula is C16H24ClNS. The van der Waals surface area contributed by atoms with E-state index in [1.807, 2.05) is 12.1 Å². The van der Waals surface area contributed by atoms with Crippen molar-refractivity contribution in [2.45, 2.75) is 49.7 Å². The maximum Gasteiger partial charge on any atom is 0.0406 e. The third kappa shape index (κ3) is 4.40. The molecule has 1 nitrogen and oxygen atoms in total. The predicted molar refractivity (Wildman–Crippen MR) is 87.0 cm³/mol. The Morgan fingerprint density at radius 3 is 2.63 bits per heavy atom. The molecule has 0 bridgehead atoms. The van der Waals surface area contributed by atoms with Gasteiger partial charge in [0.2, 0.25) is 0 Å². The molecule has 1 aliphatic carbocycles. The van der Waals surface area contributed by atoms with Crippen LogP contribution in [0.2, 0.25) is 5.02 Å². The number of rotatable bonds is 5. The summed E-state index contributed by atoms with van der Waals surface area (Å²) in [7, 11) is 2.10. The van der Waals surface area contributed by atoms with E-state index >= 15 is 0 Å². The monoisotopic (exact) mass is 297 g/mol. The first-order valence-electron chi connectivity index (χ1n) is 7.26. The summed E-state index contributed by atoms with van der Waals surface area (Å²) in [5, 5.41) is 5.08. The summed E-state index contributed by atoms with van der Waals surface area (Å²) < 4.78 is 0. The van der Waals surface area contributed by atoms with E-state index in [0.29, 0.717) is 6.04 Å². The summed E-state index contributed by atoms with van der Waals surface area (Å²) in [6.45, 7) is 2.32. The number of thioether (sulfide) groups is 1. The van der Waals surface area contributed by atoms with Gasteiger partial charge < -0.3 is 5.32 Å². The first-order chi connectivity index (χ1) is 9.22. The number of hydrogen-bond acceptors (Lipinski definition) is 2. The standard InChI is InChI=1S/C16H24ClNS/c1-3-12-6-9-15(18-2)16(10-12)19-11-13-4-7-14(17)8-5-13/h4-5,7-8,12,15-16,18H,3,6,9-11H2,1-2H3. The topological polar surface area (TPSA) is 12.0 Å². The van der Waals surface area contributed by atoms with Gasteiger partial charge in [0.15, 0.2) is 0 Å². The third-order valence-electron chi connectivity index (χ3n) is 4.23. The van der Waals surface area contributed by atoms with Gasteiger partial charge in [-0.2, -0.15) is 11.8 Å². The third-order valence-corrected chi connectivity index (χ3v) is 5.93. The van der Waals surface area contributed by atoms with E-state index in [1.165, 1.54) is 31.2 Å². The molecule has 1 saturated carbocycles. The Morgan fingerprint density at radius 1 is 1.26 bits per heavy atom. The predicted octanol–water partition coefficient (Wildman–Crippen LogP) is 4.74. The number of hydrogen-bond donors (Lipinski definition) is 1. The zero-order valence-electron chi connectivity index (χ0n) is 11.9. The summed E-state index contributed by atoms with van der Waals surface area (Å²) in [4.78, 5) is 0. The lowest BCUT2D eigenvalue weighted by Crippen LogP contribution is -2.40. The maximum atomic E-state index is 5.93. The van der Waals surface area contributed by atoms with Crippen LogP contribution in [-0.2, 0) is 5.75 Å². The van der Waals surface area contributed by atoms with Crippen LogP contribution in [0.5, 0.6) is 0 Å². The fourth-order valence-corrected chi connectivity index (χ4v) is 4.52. The summed E-state index contributed by atoms with van der Waals surface area (Å²) in [6.07, 6.45) is 5.40. The van der Waals surface area contributed by atoms with Crippen molar-refractivity contribution in [1.29, 1.82) is 0 Å². The maximum absolute atomic E-state index is 5.93. The molecule has 1 fully saturated rings. The van der Waals surface area contributed by atoms with E-state index in [0.717, 1.165) is 21.9 Å². The molecule has 0 heterocycles. The van der Waals surface area contributed by atoms with E-state index in [-0.39, 0.29) is 0 Å². The van der Waals surface area contributed by atoms with E-state index < -0.39 is 0 Å². The SMILES string of the molecule is CCC1CCC(NC)C(SCc2ccc(Cl)cc2)C1. The molecule has 106 valence electrons. The van der Waals surface area contributed by atoms with E-state index in [1.54, 1.807) is 0 Å². The van der Waals surface area contributed by atoms with E-state index in [2.05, 4.69) is 43.2 Å². The van der Waals surface area contributed by atoms with Gasteiger partial charge in [-0.1, -0.05) is 37.1 Å². The first kappa shape index (κ1) is 15.2. The van der Waals surface area contributed by atoms with Gasteiger partial charge in [0, 0.05) is 22.1 Å². The number of halogens is 1. The Bertz CT molecular complexity index is 379. The van der Waals surface area contributed by atoms with Crippen molar-refractivity contribution in [1.82, 2.24) is 5.32 Å². The smallest absolute Gasteiger partial charge is 0.0406 e. The highest BCUT2D eigenvalue weighted by molar-refractivity contribution is 7.99. The fourth-order valence-electron chi connectivity index (χ4n) is 2.88. The highest BCUT2D eigenvalue weighted by Crippen LogP contribution is 2.35. The molecule has 1 aromatic rings. The van der Waals surface area contributed by atoms with Crippen molar-refractivity contribution in [3.8, 4) is 0 Å².